The molecule has 0 spiro atoms. The van der Waals surface area contributed by atoms with Gasteiger partial charge in [-0.1, -0.05) is 0 Å². The Morgan fingerprint density at radius 3 is 2.41 bits per heavy atom. The number of benzene rings is 1. The zero-order chi connectivity index (χ0) is 21.2. The number of alkyl halides is 3. The molecule has 0 aliphatic carbocycles. The molecule has 0 saturated heterocycles. The van der Waals surface area contributed by atoms with Crippen LogP contribution in [0.1, 0.15) is 19.5 Å². The quantitative estimate of drug-likeness (QED) is 0.518. The number of nitrogens with one attached hydrogen (secondary N) is 2. The fourth-order valence-electron chi connectivity index (χ4n) is 2.50. The number of nitrogens with zero attached hydrogens (tertiary/aromatic N) is 3. The molecule has 0 saturated carbocycles. The Morgan fingerprint density at radius 2 is 1.72 bits per heavy atom. The number of hydrogen-bond donors (Lipinski definition) is 3. The maximum atomic E-state index is 14.2. The van der Waals surface area contributed by atoms with E-state index in [-0.39, 0.29) is 34.7 Å². The molecule has 3 rings (SSSR count). The Balaban J connectivity index is 2.03. The lowest BCUT2D eigenvalue weighted by atomic mass is 10.2. The highest BCUT2D eigenvalue weighted by atomic mass is 19.4. The van der Waals surface area contributed by atoms with Crippen molar-refractivity contribution in [2.24, 2.45) is 0 Å². The van der Waals surface area contributed by atoms with Gasteiger partial charge in [0.1, 0.15) is 28.9 Å². The largest absolute Gasteiger partial charge is 0.508 e. The molecular formula is C19H17F4N5O. The van der Waals surface area contributed by atoms with E-state index in [0.29, 0.717) is 5.82 Å². The van der Waals surface area contributed by atoms with Gasteiger partial charge in [-0.15, -0.1) is 0 Å². The van der Waals surface area contributed by atoms with Crippen LogP contribution in [0, 0.1) is 5.82 Å². The van der Waals surface area contributed by atoms with Crippen LogP contribution in [0.15, 0.2) is 42.6 Å². The Kier molecular flexibility index (Phi) is 5.53. The lowest BCUT2D eigenvalue weighted by molar-refractivity contribution is -0.141. The molecule has 3 aromatic rings. The molecule has 0 aliphatic heterocycles. The van der Waals surface area contributed by atoms with Crippen molar-refractivity contribution in [3.05, 3.63) is 54.1 Å². The third kappa shape index (κ3) is 5.09. The summed E-state index contributed by atoms with van der Waals surface area (Å²) in [7, 11) is 0. The van der Waals surface area contributed by atoms with Crippen LogP contribution in [0.5, 0.6) is 5.75 Å². The summed E-state index contributed by atoms with van der Waals surface area (Å²) in [4.78, 5) is 11.7. The van der Waals surface area contributed by atoms with E-state index in [1.807, 2.05) is 13.8 Å². The molecule has 0 unspecified atom stereocenters. The van der Waals surface area contributed by atoms with Gasteiger partial charge in [-0.2, -0.15) is 13.2 Å². The number of pyridine rings is 1. The molecule has 2 aromatic heterocycles. The van der Waals surface area contributed by atoms with Crippen molar-refractivity contribution in [3.63, 3.8) is 0 Å². The molecule has 0 atom stereocenters. The molecule has 2 heterocycles. The van der Waals surface area contributed by atoms with Gasteiger partial charge < -0.3 is 15.7 Å². The van der Waals surface area contributed by atoms with E-state index in [0.717, 1.165) is 18.3 Å². The van der Waals surface area contributed by atoms with E-state index in [1.54, 1.807) is 0 Å². The smallest absolute Gasteiger partial charge is 0.433 e. The van der Waals surface area contributed by atoms with E-state index >= 15 is 0 Å². The third-order valence-corrected chi connectivity index (χ3v) is 3.68. The Morgan fingerprint density at radius 1 is 1.00 bits per heavy atom. The van der Waals surface area contributed by atoms with Crippen LogP contribution in [-0.2, 0) is 6.18 Å². The number of hydrogen-bond acceptors (Lipinski definition) is 6. The number of halogens is 4. The van der Waals surface area contributed by atoms with E-state index in [9.17, 15) is 22.7 Å². The molecule has 3 N–H and O–H groups in total. The van der Waals surface area contributed by atoms with Crippen molar-refractivity contribution in [2.45, 2.75) is 26.1 Å². The van der Waals surface area contributed by atoms with Gasteiger partial charge >= 0.3 is 6.18 Å². The molecule has 0 bridgehead atoms. The Hall–Kier alpha value is -3.43. The summed E-state index contributed by atoms with van der Waals surface area (Å²) in [6, 6.07) is 7.08. The summed E-state index contributed by atoms with van der Waals surface area (Å²) < 4.78 is 52.9. The maximum Gasteiger partial charge on any atom is 0.433 e. The standard InChI is InChI=1S/C19H17F4N5O/c1-10(2)25-16-9-17(26-11-5-6-24-15(7-11)19(21,22)23)28-18(27-16)13-8-12(29)3-4-14(13)20/h3-10,29H,1-2H3,(H2,24,25,26,27,28). The first kappa shape index (κ1) is 20.3. The Bertz CT molecular complexity index is 1020. The average molecular weight is 407 g/mol. The summed E-state index contributed by atoms with van der Waals surface area (Å²) in [5.41, 5.74) is -1.01. The van der Waals surface area contributed by atoms with Crippen molar-refractivity contribution in [1.82, 2.24) is 15.0 Å². The highest BCUT2D eigenvalue weighted by Crippen LogP contribution is 2.31. The summed E-state index contributed by atoms with van der Waals surface area (Å²) >= 11 is 0. The molecule has 10 heteroatoms. The molecule has 0 amide bonds. The SMILES string of the molecule is CC(C)Nc1cc(Nc2ccnc(C(F)(F)F)c2)nc(-c2cc(O)ccc2F)n1. The zero-order valence-corrected chi connectivity index (χ0v) is 15.4. The van der Waals surface area contributed by atoms with Crippen LogP contribution in [-0.4, -0.2) is 26.1 Å². The summed E-state index contributed by atoms with van der Waals surface area (Å²) in [6.07, 6.45) is -3.57. The molecule has 1 aromatic carbocycles. The second-order valence-electron chi connectivity index (χ2n) is 6.48. The summed E-state index contributed by atoms with van der Waals surface area (Å²) in [5.74, 6) is -0.401. The van der Waals surface area contributed by atoms with Crippen molar-refractivity contribution in [2.75, 3.05) is 10.6 Å². The number of aromatic nitrogens is 3. The van der Waals surface area contributed by atoms with E-state index in [2.05, 4.69) is 25.6 Å². The number of phenols is 1. The maximum absolute atomic E-state index is 14.2. The second-order valence-corrected chi connectivity index (χ2v) is 6.48. The van der Waals surface area contributed by atoms with Gasteiger partial charge in [-0.25, -0.2) is 14.4 Å². The monoisotopic (exact) mass is 407 g/mol. The third-order valence-electron chi connectivity index (χ3n) is 3.68. The molecule has 152 valence electrons. The predicted molar refractivity (Wildman–Crippen MR) is 100 cm³/mol. The van der Waals surface area contributed by atoms with Gasteiger partial charge in [0, 0.05) is 24.0 Å². The average Bonchev–Trinajstić information content (AvgIpc) is 2.62. The van der Waals surface area contributed by atoms with Crippen molar-refractivity contribution in [1.29, 1.82) is 0 Å². The number of rotatable bonds is 5. The van der Waals surface area contributed by atoms with Crippen LogP contribution in [0.4, 0.5) is 34.9 Å². The molecular weight excluding hydrogens is 390 g/mol. The number of anilines is 3. The molecule has 29 heavy (non-hydrogen) atoms. The van der Waals surface area contributed by atoms with Crippen molar-refractivity contribution in [3.8, 4) is 17.1 Å². The minimum absolute atomic E-state index is 0.0163. The Labute approximate surface area is 163 Å². The van der Waals surface area contributed by atoms with Crippen LogP contribution >= 0.6 is 0 Å². The second kappa shape index (κ2) is 7.90. The summed E-state index contributed by atoms with van der Waals surface area (Å²) in [6.45, 7) is 3.73. The minimum atomic E-state index is -4.59. The normalized spacial score (nSPS) is 11.6. The molecule has 0 aliphatic rings. The molecule has 6 nitrogen and oxygen atoms in total. The lowest BCUT2D eigenvalue weighted by Gasteiger charge is -2.14. The van der Waals surface area contributed by atoms with E-state index < -0.39 is 17.7 Å². The fraction of sp³-hybridized carbons (Fsp3) is 0.211. The van der Waals surface area contributed by atoms with Gasteiger partial charge in [-0.05, 0) is 44.2 Å². The van der Waals surface area contributed by atoms with Gasteiger partial charge in [0.05, 0.1) is 5.56 Å². The van der Waals surface area contributed by atoms with Crippen LogP contribution in [0.3, 0.4) is 0 Å². The van der Waals surface area contributed by atoms with Crippen molar-refractivity contribution < 1.29 is 22.7 Å². The number of phenolic OH excluding ortho intramolecular Hbond substituents is 1. The fourth-order valence-corrected chi connectivity index (χ4v) is 2.50. The van der Waals surface area contributed by atoms with Crippen LogP contribution in [0.2, 0.25) is 0 Å². The lowest BCUT2D eigenvalue weighted by Crippen LogP contribution is -2.12. The van der Waals surface area contributed by atoms with Gasteiger partial charge in [0.15, 0.2) is 5.82 Å². The van der Waals surface area contributed by atoms with Crippen LogP contribution in [0.25, 0.3) is 11.4 Å². The summed E-state index contributed by atoms with van der Waals surface area (Å²) in [5, 5.41) is 15.5. The molecule has 0 fully saturated rings. The molecule has 0 radical (unpaired) electrons. The number of aromatic hydroxyl groups is 1. The van der Waals surface area contributed by atoms with Crippen molar-refractivity contribution >= 4 is 17.3 Å². The first-order valence-corrected chi connectivity index (χ1v) is 8.56. The van der Waals surface area contributed by atoms with Gasteiger partial charge in [0.2, 0.25) is 0 Å². The van der Waals surface area contributed by atoms with E-state index in [1.165, 1.54) is 24.3 Å². The first-order chi connectivity index (χ1) is 13.6. The minimum Gasteiger partial charge on any atom is -0.508 e. The zero-order valence-electron chi connectivity index (χ0n) is 15.4. The predicted octanol–water partition coefficient (Wildman–Crippen LogP) is 4.97. The topological polar surface area (TPSA) is 83.0 Å². The van der Waals surface area contributed by atoms with Crippen LogP contribution < -0.4 is 10.6 Å². The van der Waals surface area contributed by atoms with E-state index in [4.69, 9.17) is 0 Å². The highest BCUT2D eigenvalue weighted by molar-refractivity contribution is 5.66. The highest BCUT2D eigenvalue weighted by Gasteiger charge is 2.32. The first-order valence-electron chi connectivity index (χ1n) is 8.56. The van der Waals surface area contributed by atoms with Gasteiger partial charge in [-0.3, -0.25) is 4.98 Å². The van der Waals surface area contributed by atoms with Gasteiger partial charge in [0.25, 0.3) is 0 Å².